The van der Waals surface area contributed by atoms with Crippen LogP contribution in [0.15, 0.2) is 32.9 Å². The predicted octanol–water partition coefficient (Wildman–Crippen LogP) is 3.81. The van der Waals surface area contributed by atoms with Crippen LogP contribution in [-0.2, 0) is 4.79 Å². The second-order valence-electron chi connectivity index (χ2n) is 7.73. The SMILES string of the molecule is CC1(C)CC(=O)C2=C(NC3=C(CN=N3)C23CCCCC3)[C@@H]1F. The van der Waals surface area contributed by atoms with Crippen LogP contribution >= 0.6 is 0 Å². The monoisotopic (exact) mass is 303 g/mol. The molecule has 4 aliphatic rings. The van der Waals surface area contributed by atoms with Crippen molar-refractivity contribution in [1.29, 1.82) is 0 Å². The number of halogens is 1. The molecule has 0 saturated heterocycles. The number of dihydropyridines is 1. The van der Waals surface area contributed by atoms with E-state index >= 15 is 4.39 Å². The topological polar surface area (TPSA) is 53.8 Å². The molecule has 1 spiro atoms. The maximum Gasteiger partial charge on any atom is 0.162 e. The first-order valence-electron chi connectivity index (χ1n) is 8.26. The third-order valence-corrected chi connectivity index (χ3v) is 5.81. The molecular formula is C17H22FN3O. The summed E-state index contributed by atoms with van der Waals surface area (Å²) < 4.78 is 15.1. The Hall–Kier alpha value is -1.52. The number of rotatable bonds is 0. The van der Waals surface area contributed by atoms with Gasteiger partial charge in [0.05, 0.1) is 12.2 Å². The van der Waals surface area contributed by atoms with Gasteiger partial charge < -0.3 is 5.32 Å². The van der Waals surface area contributed by atoms with Gasteiger partial charge in [0, 0.05) is 28.4 Å². The second-order valence-corrected chi connectivity index (χ2v) is 7.73. The van der Waals surface area contributed by atoms with E-state index < -0.39 is 11.6 Å². The Balaban J connectivity index is 1.90. The van der Waals surface area contributed by atoms with Crippen LogP contribution < -0.4 is 5.32 Å². The number of nitrogens with one attached hydrogen (secondary N) is 1. The normalized spacial score (nSPS) is 32.1. The van der Waals surface area contributed by atoms with Gasteiger partial charge in [0.25, 0.3) is 0 Å². The molecule has 0 bridgehead atoms. The predicted molar refractivity (Wildman–Crippen MR) is 80.7 cm³/mol. The van der Waals surface area contributed by atoms with E-state index in [1.54, 1.807) is 0 Å². The van der Waals surface area contributed by atoms with Gasteiger partial charge in [0.15, 0.2) is 11.6 Å². The average Bonchev–Trinajstić information content (AvgIpc) is 2.94. The number of carbonyl (C=O) groups is 1. The lowest BCUT2D eigenvalue weighted by Crippen LogP contribution is -2.49. The molecule has 4 rings (SSSR count). The van der Waals surface area contributed by atoms with E-state index in [0.717, 1.165) is 31.3 Å². The molecule has 22 heavy (non-hydrogen) atoms. The van der Waals surface area contributed by atoms with E-state index in [2.05, 4.69) is 15.5 Å². The Kier molecular flexibility index (Phi) is 2.88. The van der Waals surface area contributed by atoms with Gasteiger partial charge in [0.2, 0.25) is 0 Å². The molecule has 0 radical (unpaired) electrons. The fourth-order valence-electron chi connectivity index (χ4n) is 4.69. The molecule has 0 aromatic rings. The summed E-state index contributed by atoms with van der Waals surface area (Å²) in [4.78, 5) is 12.9. The third kappa shape index (κ3) is 1.71. The summed E-state index contributed by atoms with van der Waals surface area (Å²) in [6, 6.07) is 0. The van der Waals surface area contributed by atoms with E-state index in [1.165, 1.54) is 6.42 Å². The number of Topliss-reactive ketones (excluding diaryl/α,β-unsaturated/α-hetero) is 1. The smallest absolute Gasteiger partial charge is 0.162 e. The maximum absolute atomic E-state index is 15.1. The second kappa shape index (κ2) is 4.49. The number of azo groups is 1. The minimum absolute atomic E-state index is 0.113. The van der Waals surface area contributed by atoms with Crippen molar-refractivity contribution in [3.8, 4) is 0 Å². The van der Waals surface area contributed by atoms with E-state index in [1.807, 2.05) is 13.8 Å². The van der Waals surface area contributed by atoms with Gasteiger partial charge in [-0.15, -0.1) is 5.11 Å². The zero-order chi connectivity index (χ0) is 15.5. The molecule has 1 N–H and O–H groups in total. The van der Waals surface area contributed by atoms with Gasteiger partial charge in [-0.1, -0.05) is 33.1 Å². The Morgan fingerprint density at radius 3 is 2.68 bits per heavy atom. The summed E-state index contributed by atoms with van der Waals surface area (Å²) in [6.07, 6.45) is 4.35. The lowest BCUT2D eigenvalue weighted by Gasteiger charge is -2.48. The van der Waals surface area contributed by atoms with Crippen molar-refractivity contribution < 1.29 is 9.18 Å². The summed E-state index contributed by atoms with van der Waals surface area (Å²) in [5.74, 6) is 0.815. The van der Waals surface area contributed by atoms with Crippen molar-refractivity contribution in [3.63, 3.8) is 0 Å². The molecule has 1 atom stereocenters. The molecule has 118 valence electrons. The molecule has 0 aromatic heterocycles. The largest absolute Gasteiger partial charge is 0.339 e. The van der Waals surface area contributed by atoms with E-state index in [9.17, 15) is 4.79 Å². The third-order valence-electron chi connectivity index (χ3n) is 5.81. The van der Waals surface area contributed by atoms with Gasteiger partial charge in [0.1, 0.15) is 6.17 Å². The standard InChI is InChI=1S/C17H22FN3O/c1-16(2)8-11(22)12-13(14(16)18)20-15-10(9-19-21-15)17(12)6-4-3-5-7-17/h14,20H,3-9H2,1-2H3/t14-/m0/s1. The summed E-state index contributed by atoms with van der Waals surface area (Å²) in [6.45, 7) is 4.20. The van der Waals surface area contributed by atoms with Crippen molar-refractivity contribution in [2.45, 2.75) is 58.5 Å². The first-order chi connectivity index (χ1) is 10.5. The summed E-state index contributed by atoms with van der Waals surface area (Å²) in [5.41, 5.74) is 1.33. The number of fused-ring (bicyclic) bond motifs is 2. The van der Waals surface area contributed by atoms with Crippen molar-refractivity contribution in [1.82, 2.24) is 5.32 Å². The van der Waals surface area contributed by atoms with Gasteiger partial charge in [-0.2, -0.15) is 5.11 Å². The first kappa shape index (κ1) is 14.1. The fraction of sp³-hybridized carbons (Fsp3) is 0.706. The summed E-state index contributed by atoms with van der Waals surface area (Å²) in [5, 5.41) is 11.5. The van der Waals surface area contributed by atoms with Crippen LogP contribution in [0.1, 0.15) is 52.4 Å². The molecule has 5 heteroatoms. The number of nitrogens with zero attached hydrogens (tertiary/aromatic N) is 2. The number of hydrogen-bond donors (Lipinski definition) is 1. The number of carbonyl (C=O) groups excluding carboxylic acids is 1. The van der Waals surface area contributed by atoms with Crippen LogP contribution in [-0.4, -0.2) is 18.5 Å². The summed E-state index contributed by atoms with van der Waals surface area (Å²) in [7, 11) is 0. The Bertz CT molecular complexity index is 638. The number of hydrogen-bond acceptors (Lipinski definition) is 4. The molecule has 2 heterocycles. The Morgan fingerprint density at radius 1 is 1.23 bits per heavy atom. The highest BCUT2D eigenvalue weighted by atomic mass is 19.1. The first-order valence-corrected chi connectivity index (χ1v) is 8.26. The van der Waals surface area contributed by atoms with Crippen molar-refractivity contribution in [2.75, 3.05) is 6.54 Å². The molecule has 0 unspecified atom stereocenters. The number of ketones is 1. The van der Waals surface area contributed by atoms with E-state index in [0.29, 0.717) is 23.6 Å². The average molecular weight is 303 g/mol. The van der Waals surface area contributed by atoms with Crippen molar-refractivity contribution >= 4 is 5.78 Å². The molecule has 4 nitrogen and oxygen atoms in total. The molecule has 1 saturated carbocycles. The van der Waals surface area contributed by atoms with Crippen molar-refractivity contribution in [2.24, 2.45) is 21.1 Å². The molecule has 0 amide bonds. The lowest BCUT2D eigenvalue weighted by molar-refractivity contribution is -0.120. The highest BCUT2D eigenvalue weighted by Gasteiger charge is 2.54. The van der Waals surface area contributed by atoms with Crippen LogP contribution in [0.4, 0.5) is 4.39 Å². The van der Waals surface area contributed by atoms with Gasteiger partial charge >= 0.3 is 0 Å². The Morgan fingerprint density at radius 2 is 1.95 bits per heavy atom. The molecular weight excluding hydrogens is 281 g/mol. The Labute approximate surface area is 129 Å². The van der Waals surface area contributed by atoms with E-state index in [-0.39, 0.29) is 17.6 Å². The van der Waals surface area contributed by atoms with Crippen molar-refractivity contribution in [3.05, 3.63) is 22.7 Å². The number of alkyl halides is 1. The summed E-state index contributed by atoms with van der Waals surface area (Å²) >= 11 is 0. The number of allylic oxidation sites excluding steroid dienone is 2. The fourth-order valence-corrected chi connectivity index (χ4v) is 4.69. The van der Waals surface area contributed by atoms with Crippen LogP contribution in [0, 0.1) is 10.8 Å². The van der Waals surface area contributed by atoms with Crippen LogP contribution in [0.25, 0.3) is 0 Å². The van der Waals surface area contributed by atoms with Crippen LogP contribution in [0.5, 0.6) is 0 Å². The van der Waals surface area contributed by atoms with E-state index in [4.69, 9.17) is 0 Å². The van der Waals surface area contributed by atoms with Gasteiger partial charge in [-0.05, 0) is 12.8 Å². The van der Waals surface area contributed by atoms with Gasteiger partial charge in [-0.25, -0.2) is 4.39 Å². The quantitative estimate of drug-likeness (QED) is 0.740. The highest BCUT2D eigenvalue weighted by Crippen LogP contribution is 2.56. The van der Waals surface area contributed by atoms with Crippen LogP contribution in [0.2, 0.25) is 0 Å². The maximum atomic E-state index is 15.1. The van der Waals surface area contributed by atoms with Gasteiger partial charge in [-0.3, -0.25) is 4.79 Å². The molecule has 1 fully saturated rings. The molecule has 2 aliphatic heterocycles. The zero-order valence-corrected chi connectivity index (χ0v) is 13.2. The van der Waals surface area contributed by atoms with Crippen LogP contribution in [0.3, 0.4) is 0 Å². The molecule has 0 aromatic carbocycles. The zero-order valence-electron chi connectivity index (χ0n) is 13.2. The molecule has 2 aliphatic carbocycles. The minimum atomic E-state index is -1.15. The lowest BCUT2D eigenvalue weighted by atomic mass is 9.58. The highest BCUT2D eigenvalue weighted by molar-refractivity contribution is 6.00. The minimum Gasteiger partial charge on any atom is -0.339 e.